The van der Waals surface area contributed by atoms with Crippen molar-refractivity contribution in [2.75, 3.05) is 12.8 Å². The lowest BCUT2D eigenvalue weighted by Gasteiger charge is -2.23. The molecule has 0 saturated carbocycles. The first-order chi connectivity index (χ1) is 13.8. The van der Waals surface area contributed by atoms with E-state index in [0.29, 0.717) is 18.0 Å². The Hall–Kier alpha value is -2.80. The van der Waals surface area contributed by atoms with E-state index < -0.39 is 0 Å². The average molecular weight is 395 g/mol. The van der Waals surface area contributed by atoms with Gasteiger partial charge in [0.2, 0.25) is 0 Å². The van der Waals surface area contributed by atoms with E-state index >= 15 is 0 Å². The molecular weight excluding hydrogens is 374 g/mol. The van der Waals surface area contributed by atoms with Crippen LogP contribution in [0.2, 0.25) is 0 Å². The number of hydrogen-bond donors (Lipinski definition) is 0. The van der Waals surface area contributed by atoms with Gasteiger partial charge in [0.15, 0.2) is 11.5 Å². The number of benzene rings is 1. The van der Waals surface area contributed by atoms with Crippen molar-refractivity contribution < 1.29 is 14.1 Å². The molecular formula is C21H21N3O3S. The molecule has 3 aromatic rings. The van der Waals surface area contributed by atoms with Crippen LogP contribution in [0.25, 0.3) is 0 Å². The van der Waals surface area contributed by atoms with Crippen molar-refractivity contribution >= 4 is 17.7 Å². The van der Waals surface area contributed by atoms with Crippen LogP contribution in [0.5, 0.6) is 5.75 Å². The Labute approximate surface area is 167 Å². The smallest absolute Gasteiger partial charge is 0.276 e. The quantitative estimate of drug-likeness (QED) is 0.578. The van der Waals surface area contributed by atoms with E-state index in [0.717, 1.165) is 29.2 Å². The van der Waals surface area contributed by atoms with Gasteiger partial charge in [0.05, 0.1) is 11.7 Å². The van der Waals surface area contributed by atoms with Crippen LogP contribution in [-0.4, -0.2) is 33.7 Å². The number of thioether (sulfide) groups is 1. The van der Waals surface area contributed by atoms with Crippen LogP contribution in [-0.2, 0) is 6.61 Å². The summed E-state index contributed by atoms with van der Waals surface area (Å²) >= 11 is 1.62. The molecule has 0 aliphatic carbocycles. The van der Waals surface area contributed by atoms with Gasteiger partial charge in [0.1, 0.15) is 12.4 Å². The molecule has 1 unspecified atom stereocenters. The Balaban J connectivity index is 1.44. The van der Waals surface area contributed by atoms with E-state index in [9.17, 15) is 4.79 Å². The predicted molar refractivity (Wildman–Crippen MR) is 106 cm³/mol. The summed E-state index contributed by atoms with van der Waals surface area (Å²) in [6, 6.07) is 15.2. The molecule has 1 aliphatic rings. The minimum Gasteiger partial charge on any atom is -0.484 e. The van der Waals surface area contributed by atoms with Crippen molar-refractivity contribution in [3.8, 4) is 5.75 Å². The topological polar surface area (TPSA) is 68.5 Å². The van der Waals surface area contributed by atoms with Crippen molar-refractivity contribution in [2.45, 2.75) is 30.4 Å². The number of ether oxygens (including phenoxy) is 1. The summed E-state index contributed by atoms with van der Waals surface area (Å²) in [7, 11) is 0. The Bertz CT molecular complexity index is 945. The molecule has 1 fully saturated rings. The first-order valence-corrected chi connectivity index (χ1v) is 10.4. The van der Waals surface area contributed by atoms with E-state index in [1.807, 2.05) is 53.6 Å². The molecule has 1 amide bonds. The van der Waals surface area contributed by atoms with Crippen LogP contribution in [0, 0.1) is 0 Å². The number of rotatable bonds is 6. The van der Waals surface area contributed by atoms with E-state index in [4.69, 9.17) is 9.26 Å². The van der Waals surface area contributed by atoms with Crippen molar-refractivity contribution in [1.29, 1.82) is 0 Å². The zero-order valence-corrected chi connectivity index (χ0v) is 16.4. The van der Waals surface area contributed by atoms with Gasteiger partial charge in [-0.3, -0.25) is 9.78 Å². The fraction of sp³-hybridized carbons (Fsp3) is 0.286. The third-order valence-corrected chi connectivity index (χ3v) is 5.54. The van der Waals surface area contributed by atoms with Crippen LogP contribution in [0.3, 0.4) is 0 Å². The summed E-state index contributed by atoms with van der Waals surface area (Å²) in [4.78, 5) is 20.2. The number of carbonyl (C=O) groups excluding carboxylic acids is 1. The molecule has 0 radical (unpaired) electrons. The number of amides is 1. The van der Waals surface area contributed by atoms with Crippen LogP contribution >= 0.6 is 11.8 Å². The van der Waals surface area contributed by atoms with Crippen LogP contribution in [0.1, 0.15) is 40.8 Å². The molecule has 1 atom stereocenters. The summed E-state index contributed by atoms with van der Waals surface area (Å²) < 4.78 is 11.2. The molecule has 144 valence electrons. The van der Waals surface area contributed by atoms with Gasteiger partial charge < -0.3 is 14.2 Å². The predicted octanol–water partition coefficient (Wildman–Crippen LogP) is 4.35. The summed E-state index contributed by atoms with van der Waals surface area (Å²) in [5.41, 5.74) is 1.22. The molecule has 28 heavy (non-hydrogen) atoms. The molecule has 4 rings (SSSR count). The van der Waals surface area contributed by atoms with E-state index in [2.05, 4.69) is 10.1 Å². The number of para-hydroxylation sites is 1. The van der Waals surface area contributed by atoms with Crippen molar-refractivity contribution in [3.05, 3.63) is 71.9 Å². The fourth-order valence-electron chi connectivity index (χ4n) is 3.41. The van der Waals surface area contributed by atoms with E-state index in [1.165, 1.54) is 0 Å². The summed E-state index contributed by atoms with van der Waals surface area (Å²) in [6.07, 6.45) is 5.62. The van der Waals surface area contributed by atoms with Gasteiger partial charge in [0.25, 0.3) is 5.91 Å². The minimum absolute atomic E-state index is 0.0152. The summed E-state index contributed by atoms with van der Waals surface area (Å²) in [5, 5.41) is 3.97. The van der Waals surface area contributed by atoms with Gasteiger partial charge >= 0.3 is 0 Å². The van der Waals surface area contributed by atoms with Crippen LogP contribution in [0.4, 0.5) is 0 Å². The molecule has 0 spiro atoms. The van der Waals surface area contributed by atoms with Gasteiger partial charge in [0, 0.05) is 23.7 Å². The molecule has 0 bridgehead atoms. The molecule has 6 nitrogen and oxygen atoms in total. The molecule has 1 saturated heterocycles. The highest BCUT2D eigenvalue weighted by molar-refractivity contribution is 7.98. The number of aromatic nitrogens is 2. The first-order valence-electron chi connectivity index (χ1n) is 9.19. The van der Waals surface area contributed by atoms with E-state index in [-0.39, 0.29) is 18.6 Å². The average Bonchev–Trinajstić information content (AvgIpc) is 3.42. The zero-order chi connectivity index (χ0) is 19.3. The second-order valence-corrected chi connectivity index (χ2v) is 7.38. The normalized spacial score (nSPS) is 16.3. The van der Waals surface area contributed by atoms with Gasteiger partial charge in [-0.25, -0.2) is 0 Å². The number of hydrogen-bond acceptors (Lipinski definition) is 6. The lowest BCUT2D eigenvalue weighted by molar-refractivity contribution is 0.0722. The number of pyridine rings is 1. The highest BCUT2D eigenvalue weighted by Crippen LogP contribution is 2.32. The van der Waals surface area contributed by atoms with Crippen molar-refractivity contribution in [3.63, 3.8) is 0 Å². The fourth-order valence-corrected chi connectivity index (χ4v) is 3.95. The van der Waals surface area contributed by atoms with Gasteiger partial charge in [-0.2, -0.15) is 0 Å². The van der Waals surface area contributed by atoms with Crippen molar-refractivity contribution in [1.82, 2.24) is 15.0 Å². The number of nitrogens with zero attached hydrogens (tertiary/aromatic N) is 3. The van der Waals surface area contributed by atoms with Gasteiger partial charge in [-0.15, -0.1) is 11.8 Å². The SMILES string of the molecule is CSc1ccccc1OCc1cc(C(=O)N2CCCC2c2ccccn2)no1. The second kappa shape index (κ2) is 8.48. The van der Waals surface area contributed by atoms with Crippen molar-refractivity contribution in [2.24, 2.45) is 0 Å². The zero-order valence-electron chi connectivity index (χ0n) is 15.6. The highest BCUT2D eigenvalue weighted by Gasteiger charge is 2.32. The third-order valence-electron chi connectivity index (χ3n) is 4.76. The first kappa shape index (κ1) is 18.6. The standard InChI is InChI=1S/C21H21N3O3S/c1-28-20-10-3-2-9-19(20)26-14-15-13-17(23-27-15)21(25)24-12-6-8-18(24)16-7-4-5-11-22-16/h2-5,7,9-11,13,18H,6,8,12,14H2,1H3. The Morgan fingerprint density at radius 2 is 2.14 bits per heavy atom. The second-order valence-electron chi connectivity index (χ2n) is 6.53. The van der Waals surface area contributed by atoms with Gasteiger partial charge in [-0.1, -0.05) is 23.4 Å². The molecule has 2 aromatic heterocycles. The third kappa shape index (κ3) is 3.89. The lowest BCUT2D eigenvalue weighted by Crippen LogP contribution is -2.31. The maximum absolute atomic E-state index is 13.0. The largest absolute Gasteiger partial charge is 0.484 e. The maximum atomic E-state index is 13.0. The lowest BCUT2D eigenvalue weighted by atomic mass is 10.1. The minimum atomic E-state index is -0.132. The summed E-state index contributed by atoms with van der Waals surface area (Å²) in [5.74, 6) is 1.18. The van der Waals surface area contributed by atoms with Gasteiger partial charge in [-0.05, 0) is 43.4 Å². The van der Waals surface area contributed by atoms with Crippen LogP contribution < -0.4 is 4.74 Å². The highest BCUT2D eigenvalue weighted by atomic mass is 32.2. The Morgan fingerprint density at radius 3 is 2.96 bits per heavy atom. The summed E-state index contributed by atoms with van der Waals surface area (Å²) in [6.45, 7) is 0.918. The molecule has 3 heterocycles. The number of carbonyl (C=O) groups is 1. The molecule has 1 aromatic carbocycles. The molecule has 0 N–H and O–H groups in total. The molecule has 7 heteroatoms. The monoisotopic (exact) mass is 395 g/mol. The van der Waals surface area contributed by atoms with E-state index in [1.54, 1.807) is 24.0 Å². The van der Waals surface area contributed by atoms with Crippen LogP contribution in [0.15, 0.2) is 64.1 Å². The Morgan fingerprint density at radius 1 is 1.29 bits per heavy atom. The molecule has 1 aliphatic heterocycles. The maximum Gasteiger partial charge on any atom is 0.276 e. The Kier molecular flexibility index (Phi) is 5.62. The number of likely N-dealkylation sites (tertiary alicyclic amines) is 1.